The molecule has 0 rings (SSSR count). The van der Waals surface area contributed by atoms with E-state index in [2.05, 4.69) is 0 Å². The second-order valence-corrected chi connectivity index (χ2v) is 3.48. The molecule has 0 aromatic heterocycles. The first kappa shape index (κ1) is 6.62. The zero-order chi connectivity index (χ0) is 5.21. The van der Waals surface area contributed by atoms with Crippen molar-refractivity contribution in [2.45, 2.75) is 10.6 Å². The van der Waals surface area contributed by atoms with Gasteiger partial charge in [-0.25, -0.2) is 4.39 Å². The largest absolute Gasteiger partial charge is 0.392 e. The van der Waals surface area contributed by atoms with E-state index in [1.807, 2.05) is 0 Å². The standard InChI is InChI=1S/C3H6FIO/c1-3(4,5)2-6/h6H,2H2,1H3/t3-/m1/s1. The van der Waals surface area contributed by atoms with Gasteiger partial charge >= 0.3 is 0 Å². The lowest BCUT2D eigenvalue weighted by molar-refractivity contribution is 0.179. The van der Waals surface area contributed by atoms with E-state index in [1.54, 1.807) is 0 Å². The van der Waals surface area contributed by atoms with E-state index in [-0.39, 0.29) is 0 Å². The van der Waals surface area contributed by atoms with E-state index in [4.69, 9.17) is 5.11 Å². The van der Waals surface area contributed by atoms with Crippen molar-refractivity contribution >= 4 is 22.6 Å². The summed E-state index contributed by atoms with van der Waals surface area (Å²) in [5, 5.41) is 8.02. The second kappa shape index (κ2) is 2.07. The Balaban J connectivity index is 3.17. The molecule has 0 aliphatic rings. The molecule has 0 unspecified atom stereocenters. The minimum Gasteiger partial charge on any atom is -0.392 e. The topological polar surface area (TPSA) is 20.2 Å². The summed E-state index contributed by atoms with van der Waals surface area (Å²) in [6, 6.07) is 0. The molecule has 0 amide bonds. The van der Waals surface area contributed by atoms with E-state index in [0.717, 1.165) is 0 Å². The Morgan fingerprint density at radius 2 is 2.17 bits per heavy atom. The molecule has 0 aliphatic heterocycles. The maximum absolute atomic E-state index is 11.9. The van der Waals surface area contributed by atoms with Crippen molar-refractivity contribution in [3.8, 4) is 0 Å². The molecule has 1 N–H and O–H groups in total. The van der Waals surface area contributed by atoms with Crippen LogP contribution < -0.4 is 0 Å². The molecule has 0 aromatic carbocycles. The SMILES string of the molecule is C[C@@](F)(I)CO. The predicted octanol–water partition coefficient (Wildman–Crippen LogP) is 1.10. The molecular formula is C3H6FIO. The summed E-state index contributed by atoms with van der Waals surface area (Å²) < 4.78 is 10.4. The summed E-state index contributed by atoms with van der Waals surface area (Å²) in [6.07, 6.45) is 0. The summed E-state index contributed by atoms with van der Waals surface area (Å²) in [5.41, 5.74) is 0. The van der Waals surface area contributed by atoms with Crippen molar-refractivity contribution in [2.75, 3.05) is 6.61 Å². The van der Waals surface area contributed by atoms with Crippen LogP contribution in [0, 0.1) is 0 Å². The van der Waals surface area contributed by atoms with Gasteiger partial charge in [0, 0.05) is 0 Å². The van der Waals surface area contributed by atoms with Crippen molar-refractivity contribution in [1.29, 1.82) is 0 Å². The molecule has 0 saturated heterocycles. The van der Waals surface area contributed by atoms with Crippen LogP contribution in [0.15, 0.2) is 0 Å². The zero-order valence-electron chi connectivity index (χ0n) is 3.41. The summed E-state index contributed by atoms with van der Waals surface area (Å²) in [5.74, 6) is 0. The highest BCUT2D eigenvalue weighted by Gasteiger charge is 2.14. The van der Waals surface area contributed by atoms with Crippen LogP contribution in [-0.2, 0) is 0 Å². The third kappa shape index (κ3) is 4.62. The third-order valence-electron chi connectivity index (χ3n) is 0.278. The van der Waals surface area contributed by atoms with Crippen molar-refractivity contribution in [1.82, 2.24) is 0 Å². The van der Waals surface area contributed by atoms with Crippen molar-refractivity contribution in [3.05, 3.63) is 0 Å². The lowest BCUT2D eigenvalue weighted by atomic mass is 10.5. The van der Waals surface area contributed by atoms with E-state index in [9.17, 15) is 4.39 Å². The Labute approximate surface area is 49.7 Å². The minimum atomic E-state index is -1.43. The fourth-order valence-electron chi connectivity index (χ4n) is 0. The van der Waals surface area contributed by atoms with Crippen LogP contribution in [0.5, 0.6) is 0 Å². The molecule has 0 saturated carbocycles. The van der Waals surface area contributed by atoms with Crippen molar-refractivity contribution < 1.29 is 9.50 Å². The number of halogens is 2. The highest BCUT2D eigenvalue weighted by molar-refractivity contribution is 14.1. The zero-order valence-corrected chi connectivity index (χ0v) is 5.57. The lowest BCUT2D eigenvalue weighted by Crippen LogP contribution is -2.11. The molecule has 0 spiro atoms. The van der Waals surface area contributed by atoms with Crippen molar-refractivity contribution in [3.63, 3.8) is 0 Å². The third-order valence-corrected chi connectivity index (χ3v) is 0.619. The van der Waals surface area contributed by atoms with E-state index < -0.39 is 10.3 Å². The molecule has 0 aromatic rings. The van der Waals surface area contributed by atoms with Crippen LogP contribution >= 0.6 is 22.6 Å². The minimum absolute atomic E-state index is 0.409. The number of aliphatic hydroxyl groups is 1. The number of rotatable bonds is 1. The van der Waals surface area contributed by atoms with E-state index >= 15 is 0 Å². The molecule has 6 heavy (non-hydrogen) atoms. The highest BCUT2D eigenvalue weighted by Crippen LogP contribution is 2.16. The van der Waals surface area contributed by atoms with Crippen LogP contribution in [0.4, 0.5) is 4.39 Å². The number of alkyl halides is 2. The molecule has 0 heterocycles. The smallest absolute Gasteiger partial charge is 0.181 e. The van der Waals surface area contributed by atoms with Crippen LogP contribution in [0.1, 0.15) is 6.92 Å². The summed E-state index contributed by atoms with van der Waals surface area (Å²) in [4.78, 5) is 0. The maximum Gasteiger partial charge on any atom is 0.181 e. The van der Waals surface area contributed by atoms with Gasteiger partial charge in [0.2, 0.25) is 0 Å². The van der Waals surface area contributed by atoms with Crippen LogP contribution in [-0.4, -0.2) is 15.4 Å². The quantitative estimate of drug-likeness (QED) is 0.500. The Kier molecular flexibility index (Phi) is 2.28. The predicted molar refractivity (Wildman–Crippen MR) is 30.6 cm³/mol. The lowest BCUT2D eigenvalue weighted by Gasteiger charge is -2.03. The Hall–Kier alpha value is 0.620. The summed E-state index contributed by atoms with van der Waals surface area (Å²) in [7, 11) is 0. The highest BCUT2D eigenvalue weighted by atomic mass is 127. The molecular weight excluding hydrogens is 198 g/mol. The average molecular weight is 204 g/mol. The van der Waals surface area contributed by atoms with Gasteiger partial charge in [0.15, 0.2) is 3.68 Å². The first-order valence-electron chi connectivity index (χ1n) is 1.55. The first-order chi connectivity index (χ1) is 2.56. The van der Waals surface area contributed by atoms with Crippen LogP contribution in [0.2, 0.25) is 0 Å². The number of aliphatic hydroxyl groups excluding tert-OH is 1. The van der Waals surface area contributed by atoms with Gasteiger partial charge in [-0.15, -0.1) is 0 Å². The van der Waals surface area contributed by atoms with Gasteiger partial charge < -0.3 is 5.11 Å². The molecule has 0 radical (unpaired) electrons. The van der Waals surface area contributed by atoms with Gasteiger partial charge in [-0.3, -0.25) is 0 Å². The normalized spacial score (nSPS) is 20.0. The molecule has 0 aliphatic carbocycles. The van der Waals surface area contributed by atoms with Crippen LogP contribution in [0.3, 0.4) is 0 Å². The fourth-order valence-corrected chi connectivity index (χ4v) is 0. The van der Waals surface area contributed by atoms with Gasteiger partial charge in [0.1, 0.15) is 0 Å². The molecule has 1 atom stereocenters. The Bertz CT molecular complexity index is 40.5. The van der Waals surface area contributed by atoms with Crippen molar-refractivity contribution in [2.24, 2.45) is 0 Å². The molecule has 3 heteroatoms. The van der Waals surface area contributed by atoms with Gasteiger partial charge in [-0.1, -0.05) is 0 Å². The van der Waals surface area contributed by atoms with E-state index in [1.165, 1.54) is 29.5 Å². The molecule has 1 nitrogen and oxygen atoms in total. The summed E-state index contributed by atoms with van der Waals surface area (Å²) in [6.45, 7) is 0.904. The number of hydrogen-bond donors (Lipinski definition) is 1. The maximum atomic E-state index is 11.9. The number of hydrogen-bond acceptors (Lipinski definition) is 1. The second-order valence-electron chi connectivity index (χ2n) is 1.23. The Morgan fingerprint density at radius 3 is 2.17 bits per heavy atom. The van der Waals surface area contributed by atoms with E-state index in [0.29, 0.717) is 0 Å². The van der Waals surface area contributed by atoms with Crippen LogP contribution in [0.25, 0.3) is 0 Å². The Morgan fingerprint density at radius 1 is 2.00 bits per heavy atom. The first-order valence-corrected chi connectivity index (χ1v) is 2.63. The summed E-state index contributed by atoms with van der Waals surface area (Å²) >= 11 is 1.52. The fraction of sp³-hybridized carbons (Fsp3) is 1.00. The monoisotopic (exact) mass is 204 g/mol. The van der Waals surface area contributed by atoms with Gasteiger partial charge in [-0.2, -0.15) is 0 Å². The molecule has 0 fully saturated rings. The van der Waals surface area contributed by atoms with Gasteiger partial charge in [0.25, 0.3) is 0 Å². The van der Waals surface area contributed by atoms with Gasteiger partial charge in [0.05, 0.1) is 6.61 Å². The molecule has 38 valence electrons. The van der Waals surface area contributed by atoms with Gasteiger partial charge in [-0.05, 0) is 29.5 Å². The molecule has 0 bridgehead atoms. The average Bonchev–Trinajstić information content (AvgIpc) is 1.35.